The highest BCUT2D eigenvalue weighted by atomic mass is 19.4. The van der Waals surface area contributed by atoms with Gasteiger partial charge in [-0.3, -0.25) is 14.4 Å². The lowest BCUT2D eigenvalue weighted by molar-refractivity contribution is -0.192. The highest BCUT2D eigenvalue weighted by molar-refractivity contribution is 5.96. The number of aliphatic carboxylic acids is 1. The molecule has 2 aromatic rings. The summed E-state index contributed by atoms with van der Waals surface area (Å²) in [6, 6.07) is 10.0. The van der Waals surface area contributed by atoms with Gasteiger partial charge < -0.3 is 10.0 Å². The third kappa shape index (κ3) is 5.18. The number of alkyl halides is 3. The maximum absolute atomic E-state index is 12.5. The van der Waals surface area contributed by atoms with Gasteiger partial charge in [-0.05, 0) is 25.1 Å². The number of hydrogen-bond acceptors (Lipinski definition) is 4. The van der Waals surface area contributed by atoms with Crippen LogP contribution in [0.15, 0.2) is 42.7 Å². The number of benzene rings is 1. The lowest BCUT2D eigenvalue weighted by atomic mass is 9.86. The van der Waals surface area contributed by atoms with Crippen LogP contribution in [0.5, 0.6) is 0 Å². The number of halogens is 3. The van der Waals surface area contributed by atoms with E-state index in [0.29, 0.717) is 6.42 Å². The number of carboxylic acid groups (broad SMARTS) is 1. The summed E-state index contributed by atoms with van der Waals surface area (Å²) in [7, 11) is 1.95. The maximum Gasteiger partial charge on any atom is 0.490 e. The van der Waals surface area contributed by atoms with E-state index in [2.05, 4.69) is 16.2 Å². The molecule has 1 amide bonds. The number of para-hydroxylation sites is 1. The molecular weight excluding hydrogens is 401 g/mol. The number of rotatable bonds is 3. The second kappa shape index (κ2) is 8.47. The number of hydrogen-bond donors (Lipinski definition) is 1. The minimum Gasteiger partial charge on any atom is -0.475 e. The average molecular weight is 424 g/mol. The molecule has 1 aromatic carbocycles. The summed E-state index contributed by atoms with van der Waals surface area (Å²) in [6.07, 6.45) is 0.690. The van der Waals surface area contributed by atoms with Crippen LogP contribution in [0.1, 0.15) is 18.4 Å². The van der Waals surface area contributed by atoms with Crippen molar-refractivity contribution in [3.05, 3.63) is 48.3 Å². The molecule has 0 bridgehead atoms. The first-order chi connectivity index (χ1) is 14.1. The molecule has 0 radical (unpaired) electrons. The lowest BCUT2D eigenvalue weighted by Gasteiger charge is -2.24. The van der Waals surface area contributed by atoms with Gasteiger partial charge in [-0.1, -0.05) is 18.2 Å². The Bertz CT molecular complexity index is 900. The van der Waals surface area contributed by atoms with Gasteiger partial charge in [0.25, 0.3) is 0 Å². The van der Waals surface area contributed by atoms with Crippen LogP contribution in [0.4, 0.5) is 18.9 Å². The summed E-state index contributed by atoms with van der Waals surface area (Å²) >= 11 is 0. The molecule has 1 atom stereocenters. The normalized spacial score (nSPS) is 21.7. The molecule has 1 aromatic heterocycles. The first kappa shape index (κ1) is 21.8. The van der Waals surface area contributed by atoms with Crippen LogP contribution in [0.3, 0.4) is 0 Å². The first-order valence-electron chi connectivity index (χ1n) is 9.43. The highest BCUT2D eigenvalue weighted by Gasteiger charge is 2.47. The fraction of sp³-hybridized carbons (Fsp3) is 0.450. The van der Waals surface area contributed by atoms with Gasteiger partial charge in [0.2, 0.25) is 5.91 Å². The van der Waals surface area contributed by atoms with Gasteiger partial charge in [0, 0.05) is 56.0 Å². The summed E-state index contributed by atoms with van der Waals surface area (Å²) in [5, 5.41) is 11.4. The fourth-order valence-corrected chi connectivity index (χ4v) is 3.99. The molecule has 2 saturated heterocycles. The Labute approximate surface area is 171 Å². The Morgan fingerprint density at radius 1 is 1.23 bits per heavy atom. The SMILES string of the molecule is Cn1cc(CN2CCC3(CC(=O)N(c4ccccc4)C3)C2)cn1.O=C(O)C(F)(F)F. The number of aromatic nitrogens is 2. The lowest BCUT2D eigenvalue weighted by Crippen LogP contribution is -2.31. The molecule has 0 saturated carbocycles. The van der Waals surface area contributed by atoms with Crippen LogP contribution < -0.4 is 4.90 Å². The van der Waals surface area contributed by atoms with Gasteiger partial charge in [-0.25, -0.2) is 4.79 Å². The van der Waals surface area contributed by atoms with Crippen LogP contribution in [-0.4, -0.2) is 57.5 Å². The summed E-state index contributed by atoms with van der Waals surface area (Å²) in [5.74, 6) is -2.49. The van der Waals surface area contributed by atoms with Gasteiger partial charge in [0.05, 0.1) is 6.20 Å². The molecule has 3 heterocycles. The van der Waals surface area contributed by atoms with Crippen molar-refractivity contribution in [3.8, 4) is 0 Å². The zero-order valence-corrected chi connectivity index (χ0v) is 16.5. The number of carboxylic acids is 1. The maximum atomic E-state index is 12.5. The Morgan fingerprint density at radius 2 is 1.90 bits per heavy atom. The van der Waals surface area contributed by atoms with Gasteiger partial charge in [0.1, 0.15) is 0 Å². The van der Waals surface area contributed by atoms with Crippen molar-refractivity contribution < 1.29 is 27.9 Å². The summed E-state index contributed by atoms with van der Waals surface area (Å²) in [4.78, 5) is 25.8. The largest absolute Gasteiger partial charge is 0.490 e. The fourth-order valence-electron chi connectivity index (χ4n) is 3.99. The Balaban J connectivity index is 0.000000318. The Morgan fingerprint density at radius 3 is 2.47 bits per heavy atom. The van der Waals surface area contributed by atoms with Crippen LogP contribution in [0, 0.1) is 5.41 Å². The van der Waals surface area contributed by atoms with Gasteiger partial charge in [-0.15, -0.1) is 0 Å². The average Bonchev–Trinajstić information content (AvgIpc) is 3.35. The number of nitrogens with zero attached hydrogens (tertiary/aromatic N) is 4. The minimum atomic E-state index is -5.08. The van der Waals surface area contributed by atoms with Gasteiger partial charge in [-0.2, -0.15) is 18.3 Å². The number of anilines is 1. The van der Waals surface area contributed by atoms with Crippen LogP contribution in [0.2, 0.25) is 0 Å². The van der Waals surface area contributed by atoms with Crippen molar-refractivity contribution in [2.24, 2.45) is 12.5 Å². The summed E-state index contributed by atoms with van der Waals surface area (Å²) < 4.78 is 33.6. The standard InChI is InChI=1S/C18H22N4O.C2HF3O2/c1-20-11-15(10-19-20)12-21-8-7-18(13-21)9-17(23)22(14-18)16-5-3-2-4-6-16;3-2(4,5)1(6)7/h2-6,10-11H,7-9,12-14H2,1H3;(H,6,7). The molecule has 30 heavy (non-hydrogen) atoms. The van der Waals surface area contributed by atoms with Crippen molar-refractivity contribution in [1.29, 1.82) is 0 Å². The highest BCUT2D eigenvalue weighted by Crippen LogP contribution is 2.42. The van der Waals surface area contributed by atoms with E-state index in [4.69, 9.17) is 9.90 Å². The molecule has 1 spiro atoms. The summed E-state index contributed by atoms with van der Waals surface area (Å²) in [6.45, 7) is 3.83. The quantitative estimate of drug-likeness (QED) is 0.820. The molecule has 7 nitrogen and oxygen atoms in total. The first-order valence-corrected chi connectivity index (χ1v) is 9.43. The predicted octanol–water partition coefficient (Wildman–Crippen LogP) is 2.68. The molecule has 1 unspecified atom stereocenters. The van der Waals surface area contributed by atoms with Crippen molar-refractivity contribution in [3.63, 3.8) is 0 Å². The van der Waals surface area contributed by atoms with Crippen LogP contribution in [0.25, 0.3) is 0 Å². The van der Waals surface area contributed by atoms with E-state index in [-0.39, 0.29) is 11.3 Å². The molecule has 2 aliphatic rings. The van der Waals surface area contributed by atoms with E-state index in [0.717, 1.165) is 38.3 Å². The zero-order chi connectivity index (χ0) is 21.9. The second-order valence-electron chi connectivity index (χ2n) is 7.78. The molecule has 1 N–H and O–H groups in total. The molecule has 2 fully saturated rings. The number of carbonyl (C=O) groups excluding carboxylic acids is 1. The molecule has 2 aliphatic heterocycles. The van der Waals surface area contributed by atoms with E-state index in [1.54, 1.807) is 0 Å². The number of carbonyl (C=O) groups is 2. The molecular formula is C20H23F3N4O3. The zero-order valence-electron chi connectivity index (χ0n) is 16.5. The minimum absolute atomic E-state index is 0.120. The topological polar surface area (TPSA) is 78.7 Å². The van der Waals surface area contributed by atoms with Crippen molar-refractivity contribution in [2.45, 2.75) is 25.6 Å². The predicted molar refractivity (Wildman–Crippen MR) is 103 cm³/mol. The van der Waals surface area contributed by atoms with Crippen molar-refractivity contribution in [2.75, 3.05) is 24.5 Å². The number of likely N-dealkylation sites (tertiary alicyclic amines) is 1. The van der Waals surface area contributed by atoms with Crippen LogP contribution in [-0.2, 0) is 23.2 Å². The molecule has 4 rings (SSSR count). The number of amides is 1. The van der Waals surface area contributed by atoms with E-state index in [1.807, 2.05) is 53.2 Å². The van der Waals surface area contributed by atoms with Crippen LogP contribution >= 0.6 is 0 Å². The Kier molecular flexibility index (Phi) is 6.16. The molecule has 0 aliphatic carbocycles. The van der Waals surface area contributed by atoms with E-state index in [9.17, 15) is 18.0 Å². The third-order valence-electron chi connectivity index (χ3n) is 5.31. The van der Waals surface area contributed by atoms with E-state index < -0.39 is 12.1 Å². The van der Waals surface area contributed by atoms with E-state index in [1.165, 1.54) is 5.56 Å². The molecule has 10 heteroatoms. The second-order valence-corrected chi connectivity index (χ2v) is 7.78. The molecule has 162 valence electrons. The van der Waals surface area contributed by atoms with E-state index >= 15 is 0 Å². The summed E-state index contributed by atoms with van der Waals surface area (Å²) in [5.41, 5.74) is 2.39. The Hall–Kier alpha value is -2.88. The third-order valence-corrected chi connectivity index (χ3v) is 5.31. The smallest absolute Gasteiger partial charge is 0.475 e. The number of aryl methyl sites for hydroxylation is 1. The van der Waals surface area contributed by atoms with Gasteiger partial charge >= 0.3 is 12.1 Å². The monoisotopic (exact) mass is 424 g/mol. The van der Waals surface area contributed by atoms with Crippen molar-refractivity contribution in [1.82, 2.24) is 14.7 Å². The van der Waals surface area contributed by atoms with Crippen molar-refractivity contribution >= 4 is 17.6 Å². The van der Waals surface area contributed by atoms with Gasteiger partial charge in [0.15, 0.2) is 0 Å².